The minimum atomic E-state index is -4.30. The first-order chi connectivity index (χ1) is 17.5. The summed E-state index contributed by atoms with van der Waals surface area (Å²) in [6.45, 7) is 0.399. The molecule has 13 heteroatoms. The van der Waals surface area contributed by atoms with Crippen LogP contribution in [0.3, 0.4) is 0 Å². The van der Waals surface area contributed by atoms with Crippen molar-refractivity contribution < 1.29 is 32.6 Å². The summed E-state index contributed by atoms with van der Waals surface area (Å²) in [5, 5.41) is 13.0. The highest BCUT2D eigenvalue weighted by Crippen LogP contribution is 2.32. The number of halogens is 3. The summed E-state index contributed by atoms with van der Waals surface area (Å²) in [6.07, 6.45) is -1.49. The van der Waals surface area contributed by atoms with Crippen LogP contribution in [0, 0.1) is 0 Å². The fourth-order valence-electron chi connectivity index (χ4n) is 2.94. The lowest BCUT2D eigenvalue weighted by Gasteiger charge is -2.20. The molecule has 3 N–H and O–H groups in total. The molecule has 3 rings (SSSR count). The van der Waals surface area contributed by atoms with E-state index in [4.69, 9.17) is 44.3 Å². The summed E-state index contributed by atoms with van der Waals surface area (Å²) in [7, 11) is -4.30. The van der Waals surface area contributed by atoms with Crippen LogP contribution < -0.4 is 14.8 Å². The molecule has 196 valence electrons. The standard InChI is InChI=1S/C24H21Cl3N2O7S/c1-14(30)23(29-37(33,34)17-8-9-18(26)19(27)12-17)24(32)35-13-22(31)28-20-11-15(25)7-10-21(20)36-16-5-3-2-4-6-16/h2-12,14,23,29-30H,13H2,1H3,(H,28,31)/t14-,23+/m1/s1. The second kappa shape index (κ2) is 12.6. The van der Waals surface area contributed by atoms with Gasteiger partial charge < -0.3 is 19.9 Å². The van der Waals surface area contributed by atoms with E-state index in [1.807, 2.05) is 10.8 Å². The van der Waals surface area contributed by atoms with Gasteiger partial charge in [0, 0.05) is 5.02 Å². The molecular weight excluding hydrogens is 567 g/mol. The van der Waals surface area contributed by atoms with E-state index in [0.717, 1.165) is 6.07 Å². The Labute approximate surface area is 228 Å². The highest BCUT2D eigenvalue weighted by atomic mass is 35.5. The molecule has 3 aromatic carbocycles. The molecule has 0 heterocycles. The van der Waals surface area contributed by atoms with Gasteiger partial charge >= 0.3 is 5.97 Å². The van der Waals surface area contributed by atoms with E-state index in [0.29, 0.717) is 10.8 Å². The molecule has 37 heavy (non-hydrogen) atoms. The molecule has 0 aliphatic heterocycles. The number of sulfonamides is 1. The zero-order valence-electron chi connectivity index (χ0n) is 19.2. The molecule has 9 nitrogen and oxygen atoms in total. The van der Waals surface area contributed by atoms with Crippen molar-refractivity contribution in [3.8, 4) is 11.5 Å². The van der Waals surface area contributed by atoms with Crippen LogP contribution in [-0.2, 0) is 24.3 Å². The second-order valence-corrected chi connectivity index (χ2v) is 10.6. The van der Waals surface area contributed by atoms with Gasteiger partial charge in [-0.1, -0.05) is 53.0 Å². The number of aliphatic hydroxyl groups is 1. The number of rotatable bonds is 10. The zero-order chi connectivity index (χ0) is 27.2. The lowest BCUT2D eigenvalue weighted by molar-refractivity contribution is -0.151. The normalized spacial score (nSPS) is 12.9. The number of hydrogen-bond donors (Lipinski definition) is 3. The Morgan fingerprint density at radius 2 is 1.68 bits per heavy atom. The Bertz CT molecular complexity index is 1390. The molecule has 0 fully saturated rings. The van der Waals surface area contributed by atoms with E-state index in [2.05, 4.69) is 5.32 Å². The third-order valence-corrected chi connectivity index (χ3v) is 7.16. The van der Waals surface area contributed by atoms with Crippen molar-refractivity contribution in [3.63, 3.8) is 0 Å². The van der Waals surface area contributed by atoms with Gasteiger partial charge in [0.15, 0.2) is 12.4 Å². The fraction of sp³-hybridized carbons (Fsp3) is 0.167. The summed E-state index contributed by atoms with van der Waals surface area (Å²) in [4.78, 5) is 24.8. The van der Waals surface area contributed by atoms with E-state index < -0.39 is 40.7 Å². The molecule has 2 atom stereocenters. The number of aliphatic hydroxyl groups excluding tert-OH is 1. The van der Waals surface area contributed by atoms with Crippen LogP contribution in [-0.4, -0.2) is 44.2 Å². The SMILES string of the molecule is C[C@@H](O)[C@H](NS(=O)(=O)c1ccc(Cl)c(Cl)c1)C(=O)OCC(=O)Nc1cc(Cl)ccc1Oc1ccccc1. The first kappa shape index (κ1) is 28.7. The first-order valence-electron chi connectivity index (χ1n) is 10.6. The maximum absolute atomic E-state index is 12.7. The van der Waals surface area contributed by atoms with E-state index in [9.17, 15) is 23.1 Å². The molecule has 0 aromatic heterocycles. The molecule has 0 aliphatic rings. The fourth-order valence-corrected chi connectivity index (χ4v) is 4.76. The van der Waals surface area contributed by atoms with Crippen LogP contribution >= 0.6 is 34.8 Å². The zero-order valence-corrected chi connectivity index (χ0v) is 22.2. The van der Waals surface area contributed by atoms with Gasteiger partial charge in [0.1, 0.15) is 11.8 Å². The topological polar surface area (TPSA) is 131 Å². The van der Waals surface area contributed by atoms with Gasteiger partial charge in [-0.3, -0.25) is 9.59 Å². The number of ether oxygens (including phenoxy) is 2. The minimum Gasteiger partial charge on any atom is -0.455 e. The number of para-hydroxylation sites is 1. The number of anilines is 1. The number of benzene rings is 3. The summed E-state index contributed by atoms with van der Waals surface area (Å²) < 4.78 is 38.1. The van der Waals surface area contributed by atoms with E-state index in [-0.39, 0.29) is 26.4 Å². The van der Waals surface area contributed by atoms with E-state index >= 15 is 0 Å². The van der Waals surface area contributed by atoms with Crippen molar-refractivity contribution >= 4 is 62.4 Å². The Kier molecular flexibility index (Phi) is 9.77. The third-order valence-electron chi connectivity index (χ3n) is 4.75. The smallest absolute Gasteiger partial charge is 0.327 e. The molecule has 0 spiro atoms. The van der Waals surface area contributed by atoms with Crippen molar-refractivity contribution in [2.24, 2.45) is 0 Å². The van der Waals surface area contributed by atoms with Gasteiger partial charge in [0.2, 0.25) is 10.0 Å². The molecule has 0 saturated carbocycles. The Morgan fingerprint density at radius 3 is 2.32 bits per heavy atom. The molecule has 0 aliphatic carbocycles. The summed E-state index contributed by atoms with van der Waals surface area (Å²) >= 11 is 17.7. The molecule has 1 amide bonds. The maximum atomic E-state index is 12.7. The lowest BCUT2D eigenvalue weighted by atomic mass is 10.2. The van der Waals surface area contributed by atoms with Crippen LogP contribution in [0.15, 0.2) is 71.6 Å². The quantitative estimate of drug-likeness (QED) is 0.294. The van der Waals surface area contributed by atoms with Gasteiger partial charge in [-0.05, 0) is 55.5 Å². The number of nitrogens with one attached hydrogen (secondary N) is 2. The predicted molar refractivity (Wildman–Crippen MR) is 140 cm³/mol. The van der Waals surface area contributed by atoms with Gasteiger partial charge in [-0.15, -0.1) is 0 Å². The van der Waals surface area contributed by atoms with Gasteiger partial charge in [-0.25, -0.2) is 8.42 Å². The molecular formula is C24H21Cl3N2O7S. The second-order valence-electron chi connectivity index (χ2n) is 7.63. The average Bonchev–Trinajstić information content (AvgIpc) is 2.85. The van der Waals surface area contributed by atoms with Crippen molar-refractivity contribution in [2.75, 3.05) is 11.9 Å². The maximum Gasteiger partial charge on any atom is 0.327 e. The Morgan fingerprint density at radius 1 is 0.973 bits per heavy atom. The molecule has 3 aromatic rings. The Balaban J connectivity index is 1.66. The van der Waals surface area contributed by atoms with Crippen LogP contribution in [0.25, 0.3) is 0 Å². The molecule has 0 bridgehead atoms. The number of carbonyl (C=O) groups is 2. The van der Waals surface area contributed by atoms with Gasteiger partial charge in [0.25, 0.3) is 5.91 Å². The van der Waals surface area contributed by atoms with Crippen LogP contribution in [0.2, 0.25) is 15.1 Å². The van der Waals surface area contributed by atoms with Crippen molar-refractivity contribution in [2.45, 2.75) is 24.0 Å². The number of carbonyl (C=O) groups excluding carboxylic acids is 2. The lowest BCUT2D eigenvalue weighted by Crippen LogP contribution is -2.48. The monoisotopic (exact) mass is 586 g/mol. The number of amides is 1. The average molecular weight is 588 g/mol. The summed E-state index contributed by atoms with van der Waals surface area (Å²) in [5.41, 5.74) is 0.213. The highest BCUT2D eigenvalue weighted by Gasteiger charge is 2.31. The largest absolute Gasteiger partial charge is 0.455 e. The summed E-state index contributed by atoms with van der Waals surface area (Å²) in [5.74, 6) is -1.14. The van der Waals surface area contributed by atoms with Crippen LogP contribution in [0.4, 0.5) is 5.69 Å². The molecule has 0 radical (unpaired) electrons. The van der Waals surface area contributed by atoms with Crippen LogP contribution in [0.1, 0.15) is 6.92 Å². The van der Waals surface area contributed by atoms with Crippen molar-refractivity contribution in [3.05, 3.63) is 81.8 Å². The van der Waals surface area contributed by atoms with Crippen molar-refractivity contribution in [1.82, 2.24) is 4.72 Å². The predicted octanol–water partition coefficient (Wildman–Crippen LogP) is 4.65. The number of hydrogen-bond acceptors (Lipinski definition) is 7. The van der Waals surface area contributed by atoms with Gasteiger partial charge in [0.05, 0.1) is 26.7 Å². The first-order valence-corrected chi connectivity index (χ1v) is 13.2. The van der Waals surface area contributed by atoms with E-state index in [1.165, 1.54) is 25.1 Å². The van der Waals surface area contributed by atoms with Crippen LogP contribution in [0.5, 0.6) is 11.5 Å². The third kappa shape index (κ3) is 8.06. The minimum absolute atomic E-state index is 0.0194. The molecule has 0 unspecified atom stereocenters. The Hall–Kier alpha value is -2.86. The van der Waals surface area contributed by atoms with Gasteiger partial charge in [-0.2, -0.15) is 4.72 Å². The number of esters is 1. The molecule has 0 saturated heterocycles. The highest BCUT2D eigenvalue weighted by molar-refractivity contribution is 7.89. The van der Waals surface area contributed by atoms with E-state index in [1.54, 1.807) is 36.4 Å². The van der Waals surface area contributed by atoms with Crippen molar-refractivity contribution in [1.29, 1.82) is 0 Å². The summed E-state index contributed by atoms with van der Waals surface area (Å²) in [6, 6.07) is 15.2.